The minimum atomic E-state index is -0.909. The zero-order valence-corrected chi connectivity index (χ0v) is 18.0. The van der Waals surface area contributed by atoms with Crippen molar-refractivity contribution in [2.45, 2.75) is 50.7 Å². The van der Waals surface area contributed by atoms with Crippen LogP contribution in [-0.4, -0.2) is 84.4 Å². The van der Waals surface area contributed by atoms with Crippen molar-refractivity contribution in [2.75, 3.05) is 39.3 Å². The van der Waals surface area contributed by atoms with Crippen molar-refractivity contribution >= 4 is 17.9 Å². The number of likely N-dealkylation sites (tertiary alicyclic amines) is 1. The molecule has 1 N–H and O–H groups in total. The van der Waals surface area contributed by atoms with E-state index < -0.39 is 5.97 Å². The Bertz CT molecular complexity index is 781. The number of benzene rings is 1. The predicted octanol–water partition coefficient (Wildman–Crippen LogP) is 2.57. The van der Waals surface area contributed by atoms with Crippen molar-refractivity contribution in [3.05, 3.63) is 35.4 Å². The third-order valence-corrected chi connectivity index (χ3v) is 6.12. The summed E-state index contributed by atoms with van der Waals surface area (Å²) in [5, 5.41) is 19.8. The van der Waals surface area contributed by atoms with E-state index in [2.05, 4.69) is 44.4 Å². The van der Waals surface area contributed by atoms with E-state index in [-0.39, 0.29) is 18.8 Å². The van der Waals surface area contributed by atoms with Gasteiger partial charge in [-0.15, -0.1) is 0 Å². The van der Waals surface area contributed by atoms with Crippen molar-refractivity contribution in [1.29, 1.82) is 0 Å². The Morgan fingerprint density at radius 2 is 1.90 bits per heavy atom. The van der Waals surface area contributed by atoms with Gasteiger partial charge in [0.15, 0.2) is 0 Å². The summed E-state index contributed by atoms with van der Waals surface area (Å²) < 4.78 is 5.41. The Hall–Kier alpha value is -2.45. The summed E-state index contributed by atoms with van der Waals surface area (Å²) in [5.74, 6) is -0.909. The molecule has 0 radical (unpaired) electrons. The van der Waals surface area contributed by atoms with Crippen molar-refractivity contribution < 1.29 is 19.5 Å². The fourth-order valence-corrected chi connectivity index (χ4v) is 4.33. The SMILES string of the molecule is O=C(O)COC1CCN(CC2CC(c3ccc(C=NN4CCCCC4)cc3)=NO2)CC1. The molecule has 31 heavy (non-hydrogen) atoms. The van der Waals surface area contributed by atoms with Crippen LogP contribution < -0.4 is 0 Å². The molecule has 4 rings (SSSR count). The number of piperidine rings is 2. The number of ether oxygens (including phenoxy) is 1. The van der Waals surface area contributed by atoms with E-state index in [1.54, 1.807) is 0 Å². The molecule has 168 valence electrons. The van der Waals surface area contributed by atoms with Gasteiger partial charge in [-0.25, -0.2) is 4.79 Å². The second kappa shape index (κ2) is 10.7. The zero-order chi connectivity index (χ0) is 21.5. The number of carboxylic acids is 1. The zero-order valence-electron chi connectivity index (χ0n) is 18.0. The fraction of sp³-hybridized carbons (Fsp3) is 0.609. The molecule has 0 bridgehead atoms. The van der Waals surface area contributed by atoms with Gasteiger partial charge in [-0.05, 0) is 43.2 Å². The number of hydrazone groups is 1. The molecule has 8 heteroatoms. The van der Waals surface area contributed by atoms with Crippen LogP contribution in [0.15, 0.2) is 34.5 Å². The van der Waals surface area contributed by atoms with E-state index in [1.807, 2.05) is 6.21 Å². The molecular formula is C23H32N4O4. The van der Waals surface area contributed by atoms with E-state index in [0.29, 0.717) is 0 Å². The van der Waals surface area contributed by atoms with Gasteiger partial charge in [-0.3, -0.25) is 9.91 Å². The summed E-state index contributed by atoms with van der Waals surface area (Å²) in [6.45, 7) is 4.51. The minimum Gasteiger partial charge on any atom is -0.480 e. The maximum atomic E-state index is 10.6. The normalized spacial score (nSPS) is 23.2. The van der Waals surface area contributed by atoms with Crippen LogP contribution >= 0.6 is 0 Å². The number of carbonyl (C=O) groups is 1. The molecule has 3 heterocycles. The smallest absolute Gasteiger partial charge is 0.329 e. The summed E-state index contributed by atoms with van der Waals surface area (Å²) in [4.78, 5) is 18.7. The largest absolute Gasteiger partial charge is 0.480 e. The van der Waals surface area contributed by atoms with Crippen LogP contribution in [-0.2, 0) is 14.4 Å². The van der Waals surface area contributed by atoms with E-state index >= 15 is 0 Å². The summed E-state index contributed by atoms with van der Waals surface area (Å²) >= 11 is 0. The van der Waals surface area contributed by atoms with E-state index in [0.717, 1.165) is 68.8 Å². The van der Waals surface area contributed by atoms with Gasteiger partial charge in [0.25, 0.3) is 0 Å². The first-order chi connectivity index (χ1) is 15.2. The van der Waals surface area contributed by atoms with Crippen molar-refractivity contribution in [3.8, 4) is 0 Å². The Kier molecular flexibility index (Phi) is 7.53. The molecular weight excluding hydrogens is 396 g/mol. The molecule has 0 spiro atoms. The highest BCUT2D eigenvalue weighted by Gasteiger charge is 2.27. The Labute approximate surface area is 183 Å². The first-order valence-corrected chi connectivity index (χ1v) is 11.3. The molecule has 1 aromatic rings. The van der Waals surface area contributed by atoms with Crippen LogP contribution in [0.25, 0.3) is 0 Å². The van der Waals surface area contributed by atoms with E-state index in [4.69, 9.17) is 14.7 Å². The highest BCUT2D eigenvalue weighted by molar-refractivity contribution is 6.01. The second-order valence-electron chi connectivity index (χ2n) is 8.56. The lowest BCUT2D eigenvalue weighted by Crippen LogP contribution is -2.41. The van der Waals surface area contributed by atoms with Gasteiger partial charge in [-0.2, -0.15) is 5.10 Å². The third kappa shape index (κ3) is 6.51. The van der Waals surface area contributed by atoms with Crippen LogP contribution in [0.4, 0.5) is 0 Å². The number of hydrogen-bond acceptors (Lipinski definition) is 7. The minimum absolute atomic E-state index is 0.0422. The summed E-state index contributed by atoms with van der Waals surface area (Å²) in [5.41, 5.74) is 3.18. The monoisotopic (exact) mass is 428 g/mol. The maximum Gasteiger partial charge on any atom is 0.329 e. The Morgan fingerprint density at radius 1 is 1.16 bits per heavy atom. The van der Waals surface area contributed by atoms with Gasteiger partial charge in [0, 0.05) is 39.1 Å². The van der Waals surface area contributed by atoms with Gasteiger partial charge in [0.1, 0.15) is 12.7 Å². The molecule has 1 aromatic carbocycles. The van der Waals surface area contributed by atoms with Crippen molar-refractivity contribution in [1.82, 2.24) is 9.91 Å². The van der Waals surface area contributed by atoms with Crippen molar-refractivity contribution in [2.24, 2.45) is 10.3 Å². The molecule has 2 fully saturated rings. The molecule has 0 saturated carbocycles. The van der Waals surface area contributed by atoms with Gasteiger partial charge in [0.2, 0.25) is 0 Å². The van der Waals surface area contributed by atoms with E-state index in [1.165, 1.54) is 19.3 Å². The average Bonchev–Trinajstić information content (AvgIpc) is 3.27. The van der Waals surface area contributed by atoms with Crippen LogP contribution in [0.2, 0.25) is 0 Å². The van der Waals surface area contributed by atoms with Gasteiger partial charge >= 0.3 is 5.97 Å². The fourth-order valence-electron chi connectivity index (χ4n) is 4.33. The van der Waals surface area contributed by atoms with Gasteiger partial charge in [-0.1, -0.05) is 29.4 Å². The predicted molar refractivity (Wildman–Crippen MR) is 119 cm³/mol. The molecule has 3 aliphatic rings. The van der Waals surface area contributed by atoms with Crippen LogP contribution in [0.3, 0.4) is 0 Å². The number of rotatable bonds is 8. The lowest BCUT2D eigenvalue weighted by molar-refractivity contribution is -0.145. The average molecular weight is 429 g/mol. The molecule has 0 amide bonds. The maximum absolute atomic E-state index is 10.6. The van der Waals surface area contributed by atoms with Gasteiger partial charge in [0.05, 0.1) is 18.0 Å². The molecule has 0 aromatic heterocycles. The lowest BCUT2D eigenvalue weighted by Gasteiger charge is -2.32. The molecule has 2 saturated heterocycles. The Balaban J connectivity index is 1.20. The standard InChI is InChI=1S/C23H32N4O4/c28-23(29)17-30-20-8-12-26(13-9-20)16-21-14-22(25-31-21)19-6-4-18(5-7-19)15-24-27-10-2-1-3-11-27/h4-7,15,20-21H,1-3,8-14,16-17H2,(H,28,29). The molecule has 1 atom stereocenters. The number of oxime groups is 1. The van der Waals surface area contributed by atoms with Crippen LogP contribution in [0.5, 0.6) is 0 Å². The number of aliphatic carboxylic acids is 1. The topological polar surface area (TPSA) is 87.0 Å². The van der Waals surface area contributed by atoms with Crippen LogP contribution in [0, 0.1) is 0 Å². The summed E-state index contributed by atoms with van der Waals surface area (Å²) in [6, 6.07) is 8.35. The highest BCUT2D eigenvalue weighted by Crippen LogP contribution is 2.21. The van der Waals surface area contributed by atoms with Crippen molar-refractivity contribution in [3.63, 3.8) is 0 Å². The highest BCUT2D eigenvalue weighted by atomic mass is 16.6. The molecule has 8 nitrogen and oxygen atoms in total. The third-order valence-electron chi connectivity index (χ3n) is 6.12. The van der Waals surface area contributed by atoms with Gasteiger partial charge < -0.3 is 14.7 Å². The summed E-state index contributed by atoms with van der Waals surface area (Å²) in [6.07, 6.45) is 8.33. The number of hydrogen-bond donors (Lipinski definition) is 1. The quantitative estimate of drug-likeness (QED) is 0.641. The lowest BCUT2D eigenvalue weighted by atomic mass is 10.0. The molecule has 0 aliphatic carbocycles. The first kappa shape index (κ1) is 21.8. The van der Waals surface area contributed by atoms with Crippen LogP contribution in [0.1, 0.15) is 49.7 Å². The first-order valence-electron chi connectivity index (χ1n) is 11.3. The summed E-state index contributed by atoms with van der Waals surface area (Å²) in [7, 11) is 0. The molecule has 1 unspecified atom stereocenters. The Morgan fingerprint density at radius 3 is 2.61 bits per heavy atom. The number of nitrogens with zero attached hydrogens (tertiary/aromatic N) is 4. The van der Waals surface area contributed by atoms with E-state index in [9.17, 15) is 4.79 Å². The molecule has 3 aliphatic heterocycles. The second-order valence-corrected chi connectivity index (χ2v) is 8.56. The number of carboxylic acid groups (broad SMARTS) is 1.